The highest BCUT2D eigenvalue weighted by molar-refractivity contribution is 7.00. The van der Waals surface area contributed by atoms with Crippen LogP contribution < -0.4 is 16.4 Å². The lowest BCUT2D eigenvalue weighted by atomic mass is 9.33. The molecule has 3 aliphatic heterocycles. The average molecular weight is 827 g/mol. The van der Waals surface area contributed by atoms with E-state index in [1.54, 1.807) is 11.1 Å². The van der Waals surface area contributed by atoms with Gasteiger partial charge in [-0.25, -0.2) is 0 Å². The van der Waals surface area contributed by atoms with Gasteiger partial charge in [-0.3, -0.25) is 0 Å². The Kier molecular flexibility index (Phi) is 6.80. The lowest BCUT2D eigenvalue weighted by molar-refractivity contribution is 0.224. The zero-order valence-electron chi connectivity index (χ0n) is 38.3. The van der Waals surface area contributed by atoms with Gasteiger partial charge in [0.1, 0.15) is 0 Å². The molecule has 0 atom stereocenters. The van der Waals surface area contributed by atoms with Crippen LogP contribution in [0.3, 0.4) is 0 Å². The summed E-state index contributed by atoms with van der Waals surface area (Å²) in [5.74, 6) is 1.13. The Morgan fingerprint density at radius 2 is 1.09 bits per heavy atom. The standard InChI is InChI=1S/C61H55BN2/c1-34-35(2)63-52-20-19-48-57-54(52)62(51-32-38-13-7-8-14-41(38)53(34)58(51)63)50-33-40(37-23-27-60(5,6)28-24-37)30-45-44-29-39(36-21-25-59(3,4)26-22-36)31-49(55(44)64(57)56(45)50)61(48)46-17-11-9-15-42(46)43-16-10-12-18-47(43)61/h7-20,29-33,36-37H,21-28H2,1-6H3. The lowest BCUT2D eigenvalue weighted by Crippen LogP contribution is -2.60. The van der Waals surface area contributed by atoms with Crippen molar-refractivity contribution in [2.45, 2.75) is 110 Å². The maximum Gasteiger partial charge on any atom is 0.252 e. The zero-order valence-corrected chi connectivity index (χ0v) is 38.3. The lowest BCUT2D eigenvalue weighted by Gasteiger charge is -2.44. The Bertz CT molecular complexity index is 3560. The number of rotatable bonds is 2. The van der Waals surface area contributed by atoms with E-state index in [0.717, 1.165) is 0 Å². The van der Waals surface area contributed by atoms with Crippen molar-refractivity contribution in [3.8, 4) is 22.5 Å². The van der Waals surface area contributed by atoms with E-state index in [9.17, 15) is 0 Å². The maximum absolute atomic E-state index is 2.84. The smallest absolute Gasteiger partial charge is 0.252 e. The highest BCUT2D eigenvalue weighted by Crippen LogP contribution is 2.62. The topological polar surface area (TPSA) is 9.86 Å². The van der Waals surface area contributed by atoms with Crippen LogP contribution in [-0.2, 0) is 5.41 Å². The predicted octanol–water partition coefficient (Wildman–Crippen LogP) is 13.7. The number of aryl methyl sites for hydroxylation is 1. The van der Waals surface area contributed by atoms with Crippen molar-refractivity contribution in [1.29, 1.82) is 0 Å². The number of fused-ring (bicyclic) bond motifs is 13. The largest absolute Gasteiger partial charge is 0.315 e. The first-order chi connectivity index (χ1) is 31.0. The predicted molar refractivity (Wildman–Crippen MR) is 270 cm³/mol. The fraction of sp³-hybridized carbons (Fsp3) is 0.311. The van der Waals surface area contributed by atoms with Gasteiger partial charge in [-0.15, -0.1) is 0 Å². The molecule has 3 heteroatoms. The van der Waals surface area contributed by atoms with Crippen LogP contribution in [0.1, 0.15) is 136 Å². The molecule has 64 heavy (non-hydrogen) atoms. The van der Waals surface area contributed by atoms with Gasteiger partial charge in [-0.1, -0.05) is 125 Å². The molecule has 9 aromatic rings. The number of benzene rings is 7. The minimum Gasteiger partial charge on any atom is -0.315 e. The monoisotopic (exact) mass is 826 g/mol. The second kappa shape index (κ2) is 11.9. The van der Waals surface area contributed by atoms with Crippen LogP contribution in [0.2, 0.25) is 0 Å². The van der Waals surface area contributed by atoms with Crippen LogP contribution in [0, 0.1) is 24.7 Å². The van der Waals surface area contributed by atoms with Crippen molar-refractivity contribution in [1.82, 2.24) is 9.13 Å². The Labute approximate surface area is 377 Å². The maximum atomic E-state index is 2.84. The summed E-state index contributed by atoms with van der Waals surface area (Å²) in [6, 6.07) is 46.8. The van der Waals surface area contributed by atoms with E-state index in [-0.39, 0.29) is 6.71 Å². The van der Waals surface area contributed by atoms with Gasteiger partial charge < -0.3 is 9.13 Å². The van der Waals surface area contributed by atoms with E-state index >= 15 is 0 Å². The Morgan fingerprint density at radius 3 is 1.77 bits per heavy atom. The summed E-state index contributed by atoms with van der Waals surface area (Å²) in [4.78, 5) is 0. The van der Waals surface area contributed by atoms with E-state index in [4.69, 9.17) is 0 Å². The molecular formula is C61H55BN2. The van der Waals surface area contributed by atoms with Crippen molar-refractivity contribution in [2.75, 3.05) is 0 Å². The highest BCUT2D eigenvalue weighted by atomic mass is 15.1. The fourth-order valence-corrected chi connectivity index (χ4v) is 15.1. The molecule has 7 aromatic carbocycles. The summed E-state index contributed by atoms with van der Waals surface area (Å²) in [6.07, 6.45) is 10.2. The van der Waals surface area contributed by atoms with E-state index in [1.807, 2.05) is 0 Å². The molecular weight excluding hydrogens is 771 g/mol. The van der Waals surface area contributed by atoms with Crippen LogP contribution in [0.4, 0.5) is 0 Å². The number of hydrogen-bond acceptors (Lipinski definition) is 0. The summed E-state index contributed by atoms with van der Waals surface area (Å²) in [5, 5.41) is 7.11. The average Bonchev–Trinajstić information content (AvgIpc) is 3.89. The normalized spacial score (nSPS) is 19.4. The third-order valence-electron chi connectivity index (χ3n) is 18.5. The van der Waals surface area contributed by atoms with E-state index < -0.39 is 5.41 Å². The summed E-state index contributed by atoms with van der Waals surface area (Å²) in [6.45, 7) is 14.8. The SMILES string of the molecule is Cc1c(C)n2c3c(cc4ccccc4c13)B1c3c-2ccc2c3-n3c4c1cc(C1CCC(C)(C)CC1)cc4c1cc(C4CCC(C)(C)CC4)cc(c13)C21c2ccccc2-c2ccccc21. The van der Waals surface area contributed by atoms with Gasteiger partial charge in [0, 0.05) is 44.3 Å². The quantitative estimate of drug-likeness (QED) is 0.154. The molecule has 5 heterocycles. The highest BCUT2D eigenvalue weighted by Gasteiger charge is 2.54. The number of hydrogen-bond donors (Lipinski definition) is 0. The minimum absolute atomic E-state index is 0.114. The van der Waals surface area contributed by atoms with Gasteiger partial charge in [-0.05, 0) is 183 Å². The van der Waals surface area contributed by atoms with Crippen LogP contribution in [0.25, 0.3) is 66.0 Å². The van der Waals surface area contributed by atoms with Gasteiger partial charge in [0.15, 0.2) is 0 Å². The van der Waals surface area contributed by atoms with E-state index in [1.165, 1.54) is 167 Å². The summed E-state index contributed by atoms with van der Waals surface area (Å²) < 4.78 is 5.52. The molecule has 0 N–H and O–H groups in total. The van der Waals surface area contributed by atoms with Crippen LogP contribution in [0.15, 0.2) is 115 Å². The summed E-state index contributed by atoms with van der Waals surface area (Å²) in [5.41, 5.74) is 26.5. The molecule has 2 aromatic heterocycles. The van der Waals surface area contributed by atoms with Gasteiger partial charge >= 0.3 is 0 Å². The zero-order chi connectivity index (χ0) is 42.8. The second-order valence-electron chi connectivity index (χ2n) is 22.8. The molecule has 0 unspecified atom stereocenters. The molecule has 1 spiro atoms. The Morgan fingerprint density at radius 1 is 0.516 bits per heavy atom. The van der Waals surface area contributed by atoms with Crippen molar-refractivity contribution in [3.63, 3.8) is 0 Å². The molecule has 0 bridgehead atoms. The van der Waals surface area contributed by atoms with E-state index in [0.29, 0.717) is 22.7 Å². The van der Waals surface area contributed by atoms with Gasteiger partial charge in [-0.2, -0.15) is 0 Å². The Balaban J connectivity index is 1.15. The molecule has 15 rings (SSSR count). The number of aromatic nitrogens is 2. The van der Waals surface area contributed by atoms with Gasteiger partial charge in [0.2, 0.25) is 0 Å². The first-order valence-electron chi connectivity index (χ1n) is 24.6. The first-order valence-corrected chi connectivity index (χ1v) is 24.6. The van der Waals surface area contributed by atoms with E-state index in [2.05, 4.69) is 166 Å². The number of nitrogens with zero attached hydrogens (tertiary/aromatic N) is 2. The third-order valence-corrected chi connectivity index (χ3v) is 18.5. The molecule has 2 fully saturated rings. The second-order valence-corrected chi connectivity index (χ2v) is 22.8. The minimum atomic E-state index is -0.454. The van der Waals surface area contributed by atoms with Gasteiger partial charge in [0.25, 0.3) is 6.71 Å². The summed E-state index contributed by atoms with van der Waals surface area (Å²) in [7, 11) is 0. The summed E-state index contributed by atoms with van der Waals surface area (Å²) >= 11 is 0. The molecule has 0 radical (unpaired) electrons. The molecule has 0 saturated heterocycles. The van der Waals surface area contributed by atoms with Crippen LogP contribution in [0.5, 0.6) is 0 Å². The molecule has 2 saturated carbocycles. The van der Waals surface area contributed by atoms with Crippen LogP contribution in [-0.4, -0.2) is 15.8 Å². The Hall–Kier alpha value is -5.80. The van der Waals surface area contributed by atoms with Crippen molar-refractivity contribution >= 4 is 66.6 Å². The van der Waals surface area contributed by atoms with Crippen LogP contribution >= 0.6 is 0 Å². The third kappa shape index (κ3) is 4.27. The van der Waals surface area contributed by atoms with Crippen molar-refractivity contribution in [2.24, 2.45) is 10.8 Å². The fourth-order valence-electron chi connectivity index (χ4n) is 15.1. The van der Waals surface area contributed by atoms with Crippen molar-refractivity contribution < 1.29 is 0 Å². The molecule has 3 aliphatic carbocycles. The first kappa shape index (κ1) is 36.5. The van der Waals surface area contributed by atoms with Crippen molar-refractivity contribution in [3.05, 3.63) is 160 Å². The van der Waals surface area contributed by atoms with Gasteiger partial charge in [0.05, 0.1) is 10.9 Å². The molecule has 2 nitrogen and oxygen atoms in total. The molecule has 0 amide bonds. The molecule has 312 valence electrons. The molecule has 6 aliphatic rings.